The molecule has 0 spiro atoms. The third kappa shape index (κ3) is 2.65. The van der Waals surface area contributed by atoms with E-state index in [2.05, 4.69) is 6.58 Å². The summed E-state index contributed by atoms with van der Waals surface area (Å²) in [6.45, 7) is 10.9. The van der Waals surface area contributed by atoms with Crippen molar-refractivity contribution in [3.8, 4) is 0 Å². The van der Waals surface area contributed by atoms with Gasteiger partial charge >= 0.3 is 11.9 Å². The Morgan fingerprint density at radius 2 is 2.00 bits per heavy atom. The molecule has 0 bridgehead atoms. The van der Waals surface area contributed by atoms with Crippen LogP contribution >= 0.6 is 11.6 Å². The van der Waals surface area contributed by atoms with E-state index in [-0.39, 0.29) is 16.4 Å². The molecular formula is C20H21ClO5. The summed E-state index contributed by atoms with van der Waals surface area (Å²) in [5.41, 5.74) is 2.77. The fraction of sp³-hybridized carbons (Fsp3) is 0.450. The molecule has 2 aliphatic carbocycles. The normalized spacial score (nSPS) is 31.7. The Kier molecular flexibility index (Phi) is 4.69. The molecule has 0 aromatic heterocycles. The molecule has 1 fully saturated rings. The van der Waals surface area contributed by atoms with E-state index < -0.39 is 36.0 Å². The maximum atomic E-state index is 12.6. The molecule has 3 aliphatic rings. The maximum absolute atomic E-state index is 12.6. The average molecular weight is 377 g/mol. The van der Waals surface area contributed by atoms with E-state index >= 15 is 0 Å². The molecule has 1 aliphatic heterocycles. The monoisotopic (exact) mass is 376 g/mol. The number of rotatable bonds is 2. The molecule has 4 atom stereocenters. The van der Waals surface area contributed by atoms with Crippen LogP contribution in [0.5, 0.6) is 0 Å². The van der Waals surface area contributed by atoms with E-state index in [0.717, 1.165) is 5.57 Å². The number of fused-ring (bicyclic) bond motifs is 3. The van der Waals surface area contributed by atoms with Crippen LogP contribution in [0, 0.1) is 11.8 Å². The third-order valence-electron chi connectivity index (χ3n) is 5.54. The lowest BCUT2D eigenvalue weighted by Gasteiger charge is -2.28. The molecular weight excluding hydrogens is 356 g/mol. The highest BCUT2D eigenvalue weighted by Gasteiger charge is 2.55. The SMILES string of the molecule is C=C1C(=O)O[C@@H]2[C@H]3C(C)=C(Cl)C(=O)C3=C(C)C[C@@H](OC(=O)/C(C)=C\C)[C@@H]12. The van der Waals surface area contributed by atoms with E-state index in [9.17, 15) is 14.4 Å². The van der Waals surface area contributed by atoms with Crippen LogP contribution in [-0.4, -0.2) is 29.9 Å². The van der Waals surface area contributed by atoms with Crippen molar-refractivity contribution in [2.75, 3.05) is 0 Å². The van der Waals surface area contributed by atoms with Crippen LogP contribution in [-0.2, 0) is 23.9 Å². The number of hydrogen-bond donors (Lipinski definition) is 0. The van der Waals surface area contributed by atoms with Gasteiger partial charge in [-0.25, -0.2) is 9.59 Å². The van der Waals surface area contributed by atoms with E-state index in [0.29, 0.717) is 23.1 Å². The maximum Gasteiger partial charge on any atom is 0.334 e. The predicted molar refractivity (Wildman–Crippen MR) is 96.2 cm³/mol. The minimum atomic E-state index is -0.647. The number of carbonyl (C=O) groups excluding carboxylic acids is 3. The van der Waals surface area contributed by atoms with Gasteiger partial charge in [0, 0.05) is 29.1 Å². The Hall–Kier alpha value is -2.14. The van der Waals surface area contributed by atoms with Crippen molar-refractivity contribution in [1.29, 1.82) is 0 Å². The summed E-state index contributed by atoms with van der Waals surface area (Å²) < 4.78 is 11.3. The fourth-order valence-corrected chi connectivity index (χ4v) is 4.20. The van der Waals surface area contributed by atoms with Crippen LogP contribution in [0.15, 0.2) is 45.6 Å². The van der Waals surface area contributed by atoms with Crippen LogP contribution in [0.3, 0.4) is 0 Å². The molecule has 0 unspecified atom stereocenters. The molecule has 0 saturated carbocycles. The second-order valence-corrected chi connectivity index (χ2v) is 7.42. The zero-order valence-electron chi connectivity index (χ0n) is 15.2. The molecule has 26 heavy (non-hydrogen) atoms. The van der Waals surface area contributed by atoms with Crippen molar-refractivity contribution >= 4 is 29.3 Å². The van der Waals surface area contributed by atoms with Crippen molar-refractivity contribution in [3.63, 3.8) is 0 Å². The molecule has 0 aromatic carbocycles. The van der Waals surface area contributed by atoms with Crippen LogP contribution < -0.4 is 0 Å². The van der Waals surface area contributed by atoms with Gasteiger partial charge in [-0.2, -0.15) is 0 Å². The second-order valence-electron chi connectivity index (χ2n) is 7.04. The van der Waals surface area contributed by atoms with Crippen molar-refractivity contribution in [3.05, 3.63) is 45.6 Å². The molecule has 0 N–H and O–H groups in total. The molecule has 0 amide bonds. The van der Waals surface area contributed by atoms with Crippen molar-refractivity contribution < 1.29 is 23.9 Å². The van der Waals surface area contributed by atoms with Gasteiger partial charge in [0.05, 0.1) is 11.0 Å². The van der Waals surface area contributed by atoms with Gasteiger partial charge < -0.3 is 9.47 Å². The predicted octanol–water partition coefficient (Wildman–Crippen LogP) is 3.39. The van der Waals surface area contributed by atoms with Gasteiger partial charge in [-0.05, 0) is 33.3 Å². The molecule has 3 rings (SSSR count). The number of allylic oxidation sites excluding steroid dienone is 2. The minimum Gasteiger partial charge on any atom is -0.458 e. The summed E-state index contributed by atoms with van der Waals surface area (Å²) in [5, 5.41) is 0.178. The summed E-state index contributed by atoms with van der Waals surface area (Å²) in [6.07, 6.45) is 0.720. The fourth-order valence-electron chi connectivity index (χ4n) is 3.98. The first-order valence-electron chi connectivity index (χ1n) is 8.53. The molecule has 1 saturated heterocycles. The number of carbonyl (C=O) groups is 3. The number of ether oxygens (including phenoxy) is 2. The van der Waals surface area contributed by atoms with Gasteiger partial charge in [0.2, 0.25) is 5.78 Å². The molecule has 6 heteroatoms. The number of ketones is 1. The first-order valence-corrected chi connectivity index (χ1v) is 8.91. The average Bonchev–Trinajstić information content (AvgIpc) is 2.96. The molecule has 1 heterocycles. The third-order valence-corrected chi connectivity index (χ3v) is 6.01. The number of halogens is 1. The Morgan fingerprint density at radius 1 is 1.35 bits per heavy atom. The first kappa shape index (κ1) is 18.6. The molecule has 138 valence electrons. The van der Waals surface area contributed by atoms with Crippen LogP contribution in [0.2, 0.25) is 0 Å². The van der Waals surface area contributed by atoms with Crippen molar-refractivity contribution in [2.24, 2.45) is 11.8 Å². The lowest BCUT2D eigenvalue weighted by atomic mass is 9.82. The van der Waals surface area contributed by atoms with E-state index in [1.807, 2.05) is 6.92 Å². The Labute approximate surface area is 157 Å². The summed E-state index contributed by atoms with van der Waals surface area (Å²) in [7, 11) is 0. The highest BCUT2D eigenvalue weighted by Crippen LogP contribution is 2.50. The number of esters is 2. The smallest absolute Gasteiger partial charge is 0.334 e. The zero-order valence-corrected chi connectivity index (χ0v) is 16.0. The second kappa shape index (κ2) is 6.54. The lowest BCUT2D eigenvalue weighted by Crippen LogP contribution is -2.36. The largest absolute Gasteiger partial charge is 0.458 e. The van der Waals surface area contributed by atoms with Gasteiger partial charge in [0.25, 0.3) is 0 Å². The standard InChI is InChI=1S/C20H21ClO5/c1-6-8(2)19(23)25-12-7-9(3)13-15(10(4)16(21)17(13)22)18-14(12)11(5)20(24)26-18/h6,12,14-15,18H,5,7H2,1-4H3/b8-6-/t12-,14-,15+,18+/m1/s1. The molecule has 0 radical (unpaired) electrons. The molecule has 0 aromatic rings. The van der Waals surface area contributed by atoms with Crippen molar-refractivity contribution in [2.45, 2.75) is 46.3 Å². The Balaban J connectivity index is 2.07. The van der Waals surface area contributed by atoms with Crippen LogP contribution in [0.1, 0.15) is 34.1 Å². The van der Waals surface area contributed by atoms with E-state index in [1.54, 1.807) is 26.8 Å². The van der Waals surface area contributed by atoms with E-state index in [1.165, 1.54) is 0 Å². The van der Waals surface area contributed by atoms with Gasteiger partial charge in [-0.15, -0.1) is 0 Å². The quantitative estimate of drug-likeness (QED) is 0.545. The number of hydrogen-bond acceptors (Lipinski definition) is 5. The Bertz CT molecular complexity index is 829. The Morgan fingerprint density at radius 3 is 2.62 bits per heavy atom. The van der Waals surface area contributed by atoms with Crippen molar-refractivity contribution in [1.82, 2.24) is 0 Å². The first-order chi connectivity index (χ1) is 12.2. The van der Waals surface area contributed by atoms with E-state index in [4.69, 9.17) is 21.1 Å². The topological polar surface area (TPSA) is 69.7 Å². The number of Topliss-reactive ketones (excluding diaryl/α,β-unsaturated/α-hetero) is 1. The zero-order chi connectivity index (χ0) is 19.3. The van der Waals surface area contributed by atoms with Gasteiger partial charge in [-0.3, -0.25) is 4.79 Å². The van der Waals surface area contributed by atoms with Crippen LogP contribution in [0.4, 0.5) is 0 Å². The van der Waals surface area contributed by atoms with Gasteiger partial charge in [0.1, 0.15) is 12.2 Å². The summed E-state index contributed by atoms with van der Waals surface area (Å²) in [6, 6.07) is 0. The summed E-state index contributed by atoms with van der Waals surface area (Å²) in [5.74, 6) is -2.15. The lowest BCUT2D eigenvalue weighted by molar-refractivity contribution is -0.148. The minimum absolute atomic E-state index is 0.178. The molecule has 5 nitrogen and oxygen atoms in total. The van der Waals surface area contributed by atoms with Gasteiger partial charge in [0.15, 0.2) is 0 Å². The highest BCUT2D eigenvalue weighted by molar-refractivity contribution is 6.47. The van der Waals surface area contributed by atoms with Gasteiger partial charge in [-0.1, -0.05) is 29.8 Å². The highest BCUT2D eigenvalue weighted by atomic mass is 35.5. The summed E-state index contributed by atoms with van der Waals surface area (Å²) >= 11 is 6.19. The summed E-state index contributed by atoms with van der Waals surface area (Å²) in [4.78, 5) is 37.1. The van der Waals surface area contributed by atoms with Crippen LogP contribution in [0.25, 0.3) is 0 Å².